The highest BCUT2D eigenvalue weighted by molar-refractivity contribution is 7.17. The molecule has 0 amide bonds. The van der Waals surface area contributed by atoms with Crippen LogP contribution < -0.4 is 0 Å². The van der Waals surface area contributed by atoms with Gasteiger partial charge in [-0.05, 0) is 23.6 Å². The number of fused-ring (bicyclic) bond motifs is 1. The molecule has 0 spiro atoms. The summed E-state index contributed by atoms with van der Waals surface area (Å²) in [5.41, 5.74) is 2.37. The third-order valence-electron chi connectivity index (χ3n) is 2.74. The molecule has 0 bridgehead atoms. The number of thiophene rings is 1. The Morgan fingerprint density at radius 2 is 2.33 bits per heavy atom. The van der Waals surface area contributed by atoms with Crippen molar-refractivity contribution in [2.45, 2.75) is 6.42 Å². The van der Waals surface area contributed by atoms with Gasteiger partial charge in [-0.3, -0.25) is 14.5 Å². The molecule has 0 fully saturated rings. The van der Waals surface area contributed by atoms with Crippen molar-refractivity contribution in [2.24, 2.45) is 7.05 Å². The van der Waals surface area contributed by atoms with E-state index in [9.17, 15) is 4.79 Å². The van der Waals surface area contributed by atoms with E-state index in [-0.39, 0.29) is 5.78 Å². The molecule has 0 N–H and O–H groups in total. The number of Topliss-reactive ketones (excluding diaryl/α,β-unsaturated/α-hetero) is 1. The maximum atomic E-state index is 12.1. The maximum Gasteiger partial charge on any atom is 0.170 e. The number of hydrogen-bond acceptors (Lipinski definition) is 4. The lowest BCUT2D eigenvalue weighted by molar-refractivity contribution is 0.0991. The number of rotatable bonds is 3. The van der Waals surface area contributed by atoms with Crippen LogP contribution in [0, 0.1) is 0 Å². The fourth-order valence-corrected chi connectivity index (χ4v) is 2.60. The molecule has 3 aromatic heterocycles. The zero-order valence-electron chi connectivity index (χ0n) is 9.83. The molecule has 0 saturated heterocycles. The van der Waals surface area contributed by atoms with Crippen LogP contribution in [-0.2, 0) is 13.5 Å². The number of carbonyl (C=O) groups is 1. The summed E-state index contributed by atoms with van der Waals surface area (Å²) in [7, 11) is 1.84. The fourth-order valence-electron chi connectivity index (χ4n) is 1.82. The number of aryl methyl sites for hydroxylation is 1. The lowest BCUT2D eigenvalue weighted by Gasteiger charge is -1.98. The smallest absolute Gasteiger partial charge is 0.170 e. The molecule has 0 radical (unpaired) electrons. The molecule has 0 saturated carbocycles. The molecule has 0 aliphatic rings. The number of nitrogens with zero attached hydrogens (tertiary/aromatic N) is 3. The summed E-state index contributed by atoms with van der Waals surface area (Å²) in [6, 6.07) is 5.71. The van der Waals surface area contributed by atoms with Crippen molar-refractivity contribution < 1.29 is 4.79 Å². The fraction of sp³-hybridized carbons (Fsp3) is 0.154. The molecule has 0 aromatic carbocycles. The molecule has 90 valence electrons. The maximum absolute atomic E-state index is 12.1. The van der Waals surface area contributed by atoms with Crippen molar-refractivity contribution in [2.75, 3.05) is 0 Å². The molecule has 4 nitrogen and oxygen atoms in total. The predicted molar refractivity (Wildman–Crippen MR) is 70.9 cm³/mol. The van der Waals surface area contributed by atoms with E-state index in [1.807, 2.05) is 36.8 Å². The van der Waals surface area contributed by atoms with E-state index < -0.39 is 0 Å². The Kier molecular flexibility index (Phi) is 2.68. The number of pyridine rings is 1. The second kappa shape index (κ2) is 4.34. The van der Waals surface area contributed by atoms with Gasteiger partial charge in [-0.25, -0.2) is 0 Å². The second-order valence-electron chi connectivity index (χ2n) is 4.11. The highest BCUT2D eigenvalue weighted by Gasteiger charge is 2.10. The van der Waals surface area contributed by atoms with Gasteiger partial charge in [0.05, 0.1) is 22.3 Å². The Hall–Kier alpha value is -2.01. The molecular weight excluding hydrogens is 246 g/mol. The van der Waals surface area contributed by atoms with E-state index in [2.05, 4.69) is 10.1 Å². The summed E-state index contributed by atoms with van der Waals surface area (Å²) in [6.45, 7) is 0. The van der Waals surface area contributed by atoms with Crippen LogP contribution in [0.15, 0.2) is 36.0 Å². The van der Waals surface area contributed by atoms with Crippen LogP contribution in [-0.4, -0.2) is 20.5 Å². The van der Waals surface area contributed by atoms with Crippen LogP contribution in [0.3, 0.4) is 0 Å². The first kappa shape index (κ1) is 11.1. The normalized spacial score (nSPS) is 10.9. The number of hydrogen-bond donors (Lipinski definition) is 0. The van der Waals surface area contributed by atoms with Crippen LogP contribution in [0.5, 0.6) is 0 Å². The van der Waals surface area contributed by atoms with Gasteiger partial charge in [-0.2, -0.15) is 5.10 Å². The van der Waals surface area contributed by atoms with E-state index in [1.165, 1.54) is 0 Å². The molecule has 0 aliphatic heterocycles. The molecule has 3 aromatic rings. The average Bonchev–Trinajstić information content (AvgIpc) is 2.96. The summed E-state index contributed by atoms with van der Waals surface area (Å²) in [5.74, 6) is 0.0523. The van der Waals surface area contributed by atoms with Crippen molar-refractivity contribution in [3.05, 3.63) is 47.2 Å². The van der Waals surface area contributed by atoms with E-state index >= 15 is 0 Å². The van der Waals surface area contributed by atoms with Crippen molar-refractivity contribution in [3.63, 3.8) is 0 Å². The van der Waals surface area contributed by atoms with Gasteiger partial charge < -0.3 is 0 Å². The summed E-state index contributed by atoms with van der Waals surface area (Å²) < 4.78 is 2.74. The first-order valence-electron chi connectivity index (χ1n) is 5.57. The summed E-state index contributed by atoms with van der Waals surface area (Å²) in [5, 5.41) is 6.18. The Bertz CT molecular complexity index is 714. The minimum absolute atomic E-state index is 0.0523. The lowest BCUT2D eigenvalue weighted by Crippen LogP contribution is -2.05. The molecule has 3 heterocycles. The molecule has 18 heavy (non-hydrogen) atoms. The van der Waals surface area contributed by atoms with E-state index in [4.69, 9.17) is 0 Å². The van der Waals surface area contributed by atoms with Crippen LogP contribution in [0.4, 0.5) is 0 Å². The van der Waals surface area contributed by atoms with Crippen molar-refractivity contribution >= 4 is 27.3 Å². The third kappa shape index (κ3) is 2.04. The molecular formula is C13H11N3OS. The minimum Gasteiger partial charge on any atom is -0.294 e. The summed E-state index contributed by atoms with van der Waals surface area (Å²) in [4.78, 5) is 16.4. The average molecular weight is 257 g/mol. The largest absolute Gasteiger partial charge is 0.294 e. The van der Waals surface area contributed by atoms with E-state index in [0.29, 0.717) is 12.0 Å². The van der Waals surface area contributed by atoms with Crippen LogP contribution in [0.1, 0.15) is 16.1 Å². The van der Waals surface area contributed by atoms with Crippen molar-refractivity contribution in [1.29, 1.82) is 0 Å². The Morgan fingerprint density at radius 1 is 1.44 bits per heavy atom. The predicted octanol–water partition coefficient (Wildman–Crippen LogP) is 2.46. The van der Waals surface area contributed by atoms with Crippen LogP contribution in [0.2, 0.25) is 0 Å². The van der Waals surface area contributed by atoms with Crippen molar-refractivity contribution in [1.82, 2.24) is 14.8 Å². The van der Waals surface area contributed by atoms with Crippen LogP contribution >= 0.6 is 11.3 Å². The lowest BCUT2D eigenvalue weighted by atomic mass is 10.1. The summed E-state index contributed by atoms with van der Waals surface area (Å²) in [6.07, 6.45) is 3.79. The van der Waals surface area contributed by atoms with Gasteiger partial charge in [0, 0.05) is 25.0 Å². The van der Waals surface area contributed by atoms with E-state index in [1.54, 1.807) is 22.2 Å². The summed E-state index contributed by atoms with van der Waals surface area (Å²) >= 11 is 1.59. The molecule has 0 unspecified atom stereocenters. The van der Waals surface area contributed by atoms with Gasteiger partial charge in [0.25, 0.3) is 0 Å². The van der Waals surface area contributed by atoms with Gasteiger partial charge in [0.15, 0.2) is 5.78 Å². The van der Waals surface area contributed by atoms with Gasteiger partial charge >= 0.3 is 0 Å². The Labute approximate surface area is 108 Å². The topological polar surface area (TPSA) is 47.8 Å². The standard InChI is InChI=1S/C13H11N3OS/c1-16-4-2-10(15-16)7-12(17)9-6-13-11(14-8-9)3-5-18-13/h2-6,8H,7H2,1H3. The van der Waals surface area contributed by atoms with Gasteiger partial charge in [-0.1, -0.05) is 0 Å². The highest BCUT2D eigenvalue weighted by atomic mass is 32.1. The first-order valence-corrected chi connectivity index (χ1v) is 6.45. The number of aromatic nitrogens is 3. The van der Waals surface area contributed by atoms with Crippen molar-refractivity contribution in [3.8, 4) is 0 Å². The zero-order chi connectivity index (χ0) is 12.5. The Balaban J connectivity index is 1.87. The third-order valence-corrected chi connectivity index (χ3v) is 3.59. The molecule has 5 heteroatoms. The SMILES string of the molecule is Cn1ccc(CC(=O)c2cnc3ccsc3c2)n1. The molecule has 0 atom stereocenters. The highest BCUT2D eigenvalue weighted by Crippen LogP contribution is 2.20. The zero-order valence-corrected chi connectivity index (χ0v) is 10.6. The van der Waals surface area contributed by atoms with Gasteiger partial charge in [0.2, 0.25) is 0 Å². The first-order chi connectivity index (χ1) is 8.72. The minimum atomic E-state index is 0.0523. The van der Waals surface area contributed by atoms with E-state index in [0.717, 1.165) is 15.9 Å². The van der Waals surface area contributed by atoms with Gasteiger partial charge in [-0.15, -0.1) is 11.3 Å². The second-order valence-corrected chi connectivity index (χ2v) is 5.06. The quantitative estimate of drug-likeness (QED) is 0.677. The molecule has 3 rings (SSSR count). The number of carbonyl (C=O) groups excluding carboxylic acids is 1. The molecule has 0 aliphatic carbocycles. The monoisotopic (exact) mass is 257 g/mol. The number of ketones is 1. The Morgan fingerprint density at radius 3 is 3.11 bits per heavy atom. The van der Waals surface area contributed by atoms with Gasteiger partial charge in [0.1, 0.15) is 0 Å². The van der Waals surface area contributed by atoms with Crippen LogP contribution in [0.25, 0.3) is 10.2 Å².